The Kier molecular flexibility index (Phi) is 4.59. The Morgan fingerprint density at radius 1 is 1.10 bits per heavy atom. The van der Waals surface area contributed by atoms with Gasteiger partial charge in [0.05, 0.1) is 0 Å². The fraction of sp³-hybridized carbons (Fsp3) is 0.500. The molecule has 0 unspecified atom stereocenters. The van der Waals surface area contributed by atoms with E-state index < -0.39 is 0 Å². The van der Waals surface area contributed by atoms with E-state index in [4.69, 9.17) is 0 Å². The number of benzene rings is 1. The van der Waals surface area contributed by atoms with Gasteiger partial charge in [-0.25, -0.2) is 4.98 Å². The number of anilines is 2. The Morgan fingerprint density at radius 3 is 2.52 bits per heavy atom. The van der Waals surface area contributed by atoms with E-state index in [0.717, 1.165) is 30.0 Å². The molecule has 0 saturated heterocycles. The largest absolute Gasteiger partial charge is 0.326 e. The molecule has 1 aliphatic rings. The molecule has 3 nitrogen and oxygen atoms in total. The monoisotopic (exact) mass is 283 g/mol. The van der Waals surface area contributed by atoms with Crippen LogP contribution in [-0.2, 0) is 6.54 Å². The SMILES string of the molecule is CCC1CCC(Cn2ccnc2Nc2ccccc2)CC1. The average molecular weight is 283 g/mol. The first-order valence-corrected chi connectivity index (χ1v) is 8.18. The van der Waals surface area contributed by atoms with E-state index in [2.05, 4.69) is 40.1 Å². The number of aromatic nitrogens is 2. The van der Waals surface area contributed by atoms with Crippen LogP contribution in [0.4, 0.5) is 11.6 Å². The van der Waals surface area contributed by atoms with Gasteiger partial charge in [0.2, 0.25) is 5.95 Å². The van der Waals surface area contributed by atoms with Gasteiger partial charge in [-0.2, -0.15) is 0 Å². The van der Waals surface area contributed by atoms with Gasteiger partial charge in [0, 0.05) is 24.6 Å². The first-order chi connectivity index (χ1) is 10.3. The Bertz CT molecular complexity index is 539. The Hall–Kier alpha value is -1.77. The standard InChI is InChI=1S/C18H25N3/c1-2-15-8-10-16(11-9-15)14-21-13-12-19-18(21)20-17-6-4-3-5-7-17/h3-7,12-13,15-16H,2,8-11,14H2,1H3,(H,19,20). The van der Waals surface area contributed by atoms with E-state index in [1.54, 1.807) is 0 Å². The maximum absolute atomic E-state index is 4.46. The molecule has 0 spiro atoms. The van der Waals surface area contributed by atoms with Gasteiger partial charge in [0.15, 0.2) is 0 Å². The first kappa shape index (κ1) is 14.2. The molecule has 21 heavy (non-hydrogen) atoms. The second-order valence-corrected chi connectivity index (χ2v) is 6.19. The number of imidazole rings is 1. The van der Waals surface area contributed by atoms with E-state index in [-0.39, 0.29) is 0 Å². The van der Waals surface area contributed by atoms with Crippen molar-refractivity contribution in [2.45, 2.75) is 45.6 Å². The Morgan fingerprint density at radius 2 is 1.81 bits per heavy atom. The van der Waals surface area contributed by atoms with Crippen LogP contribution in [-0.4, -0.2) is 9.55 Å². The second-order valence-electron chi connectivity index (χ2n) is 6.19. The fourth-order valence-electron chi connectivity index (χ4n) is 3.33. The van der Waals surface area contributed by atoms with Crippen molar-refractivity contribution in [1.82, 2.24) is 9.55 Å². The summed E-state index contributed by atoms with van der Waals surface area (Å²) in [6.07, 6.45) is 10.9. The third-order valence-electron chi connectivity index (χ3n) is 4.74. The lowest BCUT2D eigenvalue weighted by Gasteiger charge is -2.28. The lowest BCUT2D eigenvalue weighted by molar-refractivity contribution is 0.248. The van der Waals surface area contributed by atoms with Crippen molar-refractivity contribution in [2.24, 2.45) is 11.8 Å². The van der Waals surface area contributed by atoms with E-state index in [0.29, 0.717) is 0 Å². The highest BCUT2D eigenvalue weighted by Gasteiger charge is 2.20. The molecule has 0 amide bonds. The van der Waals surface area contributed by atoms with Gasteiger partial charge in [-0.15, -0.1) is 0 Å². The van der Waals surface area contributed by atoms with Crippen LogP contribution in [0.15, 0.2) is 42.7 Å². The molecular formula is C18H25N3. The van der Waals surface area contributed by atoms with Crippen molar-refractivity contribution in [2.75, 3.05) is 5.32 Å². The maximum Gasteiger partial charge on any atom is 0.207 e. The number of hydrogen-bond donors (Lipinski definition) is 1. The third kappa shape index (κ3) is 3.66. The molecule has 0 radical (unpaired) electrons. The summed E-state index contributed by atoms with van der Waals surface area (Å²) in [4.78, 5) is 4.46. The topological polar surface area (TPSA) is 29.9 Å². The maximum atomic E-state index is 4.46. The molecule has 112 valence electrons. The van der Waals surface area contributed by atoms with Crippen LogP contribution in [0.1, 0.15) is 39.0 Å². The summed E-state index contributed by atoms with van der Waals surface area (Å²) >= 11 is 0. The van der Waals surface area contributed by atoms with E-state index in [9.17, 15) is 0 Å². The fourth-order valence-corrected chi connectivity index (χ4v) is 3.33. The minimum Gasteiger partial charge on any atom is -0.326 e. The van der Waals surface area contributed by atoms with Gasteiger partial charge >= 0.3 is 0 Å². The van der Waals surface area contributed by atoms with Crippen LogP contribution in [0.25, 0.3) is 0 Å². The third-order valence-corrected chi connectivity index (χ3v) is 4.74. The Balaban J connectivity index is 1.61. The first-order valence-electron chi connectivity index (χ1n) is 8.18. The van der Waals surface area contributed by atoms with Crippen LogP contribution in [0.5, 0.6) is 0 Å². The van der Waals surface area contributed by atoms with Crippen molar-refractivity contribution >= 4 is 11.6 Å². The predicted octanol–water partition coefficient (Wildman–Crippen LogP) is 4.84. The molecule has 1 aromatic heterocycles. The Labute approximate surface area is 127 Å². The summed E-state index contributed by atoms with van der Waals surface area (Å²) in [5, 5.41) is 3.41. The molecule has 1 aliphatic carbocycles. The lowest BCUT2D eigenvalue weighted by Crippen LogP contribution is -2.19. The predicted molar refractivity (Wildman–Crippen MR) is 87.7 cm³/mol. The van der Waals surface area contributed by atoms with Crippen LogP contribution >= 0.6 is 0 Å². The molecule has 3 rings (SSSR count). The molecule has 2 aromatic rings. The molecule has 1 heterocycles. The van der Waals surface area contributed by atoms with Crippen molar-refractivity contribution in [3.63, 3.8) is 0 Å². The summed E-state index contributed by atoms with van der Waals surface area (Å²) in [6, 6.07) is 10.3. The molecule has 1 saturated carbocycles. The number of nitrogens with zero attached hydrogens (tertiary/aromatic N) is 2. The van der Waals surface area contributed by atoms with E-state index in [1.807, 2.05) is 24.4 Å². The molecule has 0 atom stereocenters. The highest BCUT2D eigenvalue weighted by atomic mass is 15.2. The minimum atomic E-state index is 0.804. The van der Waals surface area contributed by atoms with E-state index in [1.165, 1.54) is 32.1 Å². The van der Waals surface area contributed by atoms with Gasteiger partial charge in [0.25, 0.3) is 0 Å². The number of hydrogen-bond acceptors (Lipinski definition) is 2. The summed E-state index contributed by atoms with van der Waals surface area (Å²) in [5.41, 5.74) is 1.10. The summed E-state index contributed by atoms with van der Waals surface area (Å²) in [6.45, 7) is 3.41. The normalized spacial score (nSPS) is 22.1. The van der Waals surface area contributed by atoms with Crippen molar-refractivity contribution < 1.29 is 0 Å². The number of nitrogens with one attached hydrogen (secondary N) is 1. The van der Waals surface area contributed by atoms with Crippen molar-refractivity contribution in [1.29, 1.82) is 0 Å². The molecule has 1 N–H and O–H groups in total. The summed E-state index contributed by atoms with van der Waals surface area (Å²) in [7, 11) is 0. The molecular weight excluding hydrogens is 258 g/mol. The van der Waals surface area contributed by atoms with Crippen molar-refractivity contribution in [3.05, 3.63) is 42.7 Å². The molecule has 0 bridgehead atoms. The van der Waals surface area contributed by atoms with Gasteiger partial charge in [-0.05, 0) is 36.8 Å². The van der Waals surface area contributed by atoms with E-state index >= 15 is 0 Å². The highest BCUT2D eigenvalue weighted by molar-refractivity contribution is 5.52. The molecule has 1 fully saturated rings. The van der Waals surface area contributed by atoms with Crippen LogP contribution in [0, 0.1) is 11.8 Å². The summed E-state index contributed by atoms with van der Waals surface area (Å²) in [5.74, 6) is 2.73. The second kappa shape index (κ2) is 6.79. The lowest BCUT2D eigenvalue weighted by atomic mass is 9.81. The molecule has 1 aromatic carbocycles. The minimum absolute atomic E-state index is 0.804. The van der Waals surface area contributed by atoms with Crippen LogP contribution in [0.3, 0.4) is 0 Å². The van der Waals surface area contributed by atoms with Crippen LogP contribution < -0.4 is 5.32 Å². The zero-order valence-corrected chi connectivity index (χ0v) is 12.8. The smallest absolute Gasteiger partial charge is 0.207 e. The average Bonchev–Trinajstić information content (AvgIpc) is 2.96. The molecule has 0 aliphatic heterocycles. The van der Waals surface area contributed by atoms with Gasteiger partial charge in [-0.3, -0.25) is 0 Å². The zero-order valence-electron chi connectivity index (χ0n) is 12.8. The van der Waals surface area contributed by atoms with Crippen molar-refractivity contribution in [3.8, 4) is 0 Å². The number of rotatable bonds is 5. The van der Waals surface area contributed by atoms with Gasteiger partial charge in [0.1, 0.15) is 0 Å². The summed E-state index contributed by atoms with van der Waals surface area (Å²) < 4.78 is 2.27. The van der Waals surface area contributed by atoms with Gasteiger partial charge < -0.3 is 9.88 Å². The molecule has 3 heteroatoms. The zero-order chi connectivity index (χ0) is 14.5. The quantitative estimate of drug-likeness (QED) is 0.850. The highest BCUT2D eigenvalue weighted by Crippen LogP contribution is 2.32. The number of para-hydroxylation sites is 1. The van der Waals surface area contributed by atoms with Crippen LogP contribution in [0.2, 0.25) is 0 Å². The van der Waals surface area contributed by atoms with Gasteiger partial charge in [-0.1, -0.05) is 44.4 Å².